The molecule has 14 heavy (non-hydrogen) atoms. The summed E-state index contributed by atoms with van der Waals surface area (Å²) in [5.74, 6) is 2.01. The fourth-order valence-corrected chi connectivity index (χ4v) is 2.86. The van der Waals surface area contributed by atoms with E-state index in [1.165, 1.54) is 57.9 Å². The number of rotatable bonds is 5. The molecular formula is C13H25N. The van der Waals surface area contributed by atoms with Crippen LogP contribution in [-0.2, 0) is 0 Å². The highest BCUT2D eigenvalue weighted by molar-refractivity contribution is 4.83. The van der Waals surface area contributed by atoms with Gasteiger partial charge in [-0.2, -0.15) is 0 Å². The lowest BCUT2D eigenvalue weighted by Crippen LogP contribution is -2.30. The van der Waals surface area contributed by atoms with Crippen molar-refractivity contribution in [2.45, 2.75) is 64.3 Å². The van der Waals surface area contributed by atoms with E-state index in [0.29, 0.717) is 0 Å². The molecule has 0 aromatic carbocycles. The summed E-state index contributed by atoms with van der Waals surface area (Å²) in [6, 6.07) is 0.896. The molecule has 1 unspecified atom stereocenters. The van der Waals surface area contributed by atoms with Crippen molar-refractivity contribution in [1.82, 2.24) is 5.32 Å². The van der Waals surface area contributed by atoms with Crippen molar-refractivity contribution in [3.8, 4) is 0 Å². The Morgan fingerprint density at radius 2 is 1.79 bits per heavy atom. The van der Waals surface area contributed by atoms with Gasteiger partial charge in [0.2, 0.25) is 0 Å². The van der Waals surface area contributed by atoms with Crippen LogP contribution < -0.4 is 5.32 Å². The molecule has 0 amide bonds. The lowest BCUT2D eigenvalue weighted by Gasteiger charge is -2.29. The maximum Gasteiger partial charge on any atom is 0.00683 e. The van der Waals surface area contributed by atoms with Gasteiger partial charge >= 0.3 is 0 Å². The number of hydrogen-bond donors (Lipinski definition) is 1. The van der Waals surface area contributed by atoms with Crippen molar-refractivity contribution in [2.75, 3.05) is 6.54 Å². The van der Waals surface area contributed by atoms with Gasteiger partial charge in [-0.1, -0.05) is 45.4 Å². The van der Waals surface area contributed by atoms with Gasteiger partial charge in [-0.25, -0.2) is 0 Å². The Balaban J connectivity index is 1.71. The van der Waals surface area contributed by atoms with Crippen molar-refractivity contribution in [3.05, 3.63) is 0 Å². The minimum Gasteiger partial charge on any atom is -0.314 e. The minimum absolute atomic E-state index is 0.896. The van der Waals surface area contributed by atoms with Gasteiger partial charge in [0.05, 0.1) is 0 Å². The number of hydrogen-bond acceptors (Lipinski definition) is 1. The van der Waals surface area contributed by atoms with E-state index in [4.69, 9.17) is 0 Å². The van der Waals surface area contributed by atoms with E-state index >= 15 is 0 Å². The van der Waals surface area contributed by atoms with Crippen LogP contribution in [0.2, 0.25) is 0 Å². The molecule has 1 atom stereocenters. The molecule has 2 saturated carbocycles. The molecule has 1 nitrogen and oxygen atoms in total. The molecule has 0 saturated heterocycles. The van der Waals surface area contributed by atoms with Crippen LogP contribution in [-0.4, -0.2) is 12.6 Å². The Labute approximate surface area is 88.7 Å². The second kappa shape index (κ2) is 5.16. The molecule has 0 bridgehead atoms. The van der Waals surface area contributed by atoms with Crippen LogP contribution >= 0.6 is 0 Å². The lowest BCUT2D eigenvalue weighted by molar-refractivity contribution is 0.235. The Hall–Kier alpha value is -0.0400. The topological polar surface area (TPSA) is 12.0 Å². The van der Waals surface area contributed by atoms with Crippen LogP contribution in [0.25, 0.3) is 0 Å². The third kappa shape index (κ3) is 2.98. The first-order valence-corrected chi connectivity index (χ1v) is 6.63. The third-order valence-electron chi connectivity index (χ3n) is 4.09. The molecule has 0 radical (unpaired) electrons. The van der Waals surface area contributed by atoms with E-state index in [-0.39, 0.29) is 0 Å². The molecule has 0 heterocycles. The van der Waals surface area contributed by atoms with Crippen LogP contribution in [0.4, 0.5) is 0 Å². The molecular weight excluding hydrogens is 170 g/mol. The van der Waals surface area contributed by atoms with Crippen LogP contribution in [0.1, 0.15) is 58.3 Å². The summed E-state index contributed by atoms with van der Waals surface area (Å²) in [6.07, 6.45) is 11.7. The zero-order valence-electron chi connectivity index (χ0n) is 9.60. The smallest absolute Gasteiger partial charge is 0.00683 e. The monoisotopic (exact) mass is 195 g/mol. The van der Waals surface area contributed by atoms with Crippen LogP contribution in [0.3, 0.4) is 0 Å². The standard InChI is InChI=1S/C13H25N/c1-2-11(10-14-13-8-9-13)12-6-4-3-5-7-12/h11-14H,2-10H2,1H3. The average Bonchev–Trinajstić information content (AvgIpc) is 3.04. The van der Waals surface area contributed by atoms with E-state index in [9.17, 15) is 0 Å². The predicted octanol–water partition coefficient (Wildman–Crippen LogP) is 3.34. The molecule has 0 spiro atoms. The Morgan fingerprint density at radius 3 is 2.36 bits per heavy atom. The fraction of sp³-hybridized carbons (Fsp3) is 1.00. The van der Waals surface area contributed by atoms with E-state index in [0.717, 1.165) is 17.9 Å². The summed E-state index contributed by atoms with van der Waals surface area (Å²) in [5, 5.41) is 3.70. The SMILES string of the molecule is CCC(CNC1CC1)C1CCCCC1. The third-order valence-corrected chi connectivity index (χ3v) is 4.09. The van der Waals surface area contributed by atoms with Crippen LogP contribution in [0.5, 0.6) is 0 Å². The highest BCUT2D eigenvalue weighted by Gasteiger charge is 2.25. The summed E-state index contributed by atoms with van der Waals surface area (Å²) >= 11 is 0. The molecule has 0 aromatic heterocycles. The van der Waals surface area contributed by atoms with Gasteiger partial charge in [0.1, 0.15) is 0 Å². The van der Waals surface area contributed by atoms with Gasteiger partial charge in [0.25, 0.3) is 0 Å². The van der Waals surface area contributed by atoms with Gasteiger partial charge < -0.3 is 5.32 Å². The fourth-order valence-electron chi connectivity index (χ4n) is 2.86. The molecule has 82 valence electrons. The van der Waals surface area contributed by atoms with Gasteiger partial charge in [-0.15, -0.1) is 0 Å². The quantitative estimate of drug-likeness (QED) is 0.709. The van der Waals surface area contributed by atoms with Crippen molar-refractivity contribution < 1.29 is 0 Å². The molecule has 1 N–H and O–H groups in total. The van der Waals surface area contributed by atoms with Crippen molar-refractivity contribution >= 4 is 0 Å². The Kier molecular flexibility index (Phi) is 3.86. The van der Waals surface area contributed by atoms with Gasteiger partial charge in [0.15, 0.2) is 0 Å². The van der Waals surface area contributed by atoms with Gasteiger partial charge in [-0.3, -0.25) is 0 Å². The van der Waals surface area contributed by atoms with E-state index in [1.54, 1.807) is 0 Å². The molecule has 2 fully saturated rings. The second-order valence-electron chi connectivity index (χ2n) is 5.25. The zero-order chi connectivity index (χ0) is 9.80. The largest absolute Gasteiger partial charge is 0.314 e. The van der Waals surface area contributed by atoms with Crippen molar-refractivity contribution in [3.63, 3.8) is 0 Å². The average molecular weight is 195 g/mol. The van der Waals surface area contributed by atoms with Crippen LogP contribution in [0.15, 0.2) is 0 Å². The number of nitrogens with one attached hydrogen (secondary N) is 1. The van der Waals surface area contributed by atoms with E-state index in [1.807, 2.05) is 0 Å². The van der Waals surface area contributed by atoms with E-state index in [2.05, 4.69) is 12.2 Å². The summed E-state index contributed by atoms with van der Waals surface area (Å²) < 4.78 is 0. The molecule has 0 aromatic rings. The molecule has 2 aliphatic rings. The highest BCUT2D eigenvalue weighted by Crippen LogP contribution is 2.32. The normalized spacial score (nSPS) is 26.4. The molecule has 2 rings (SSSR count). The zero-order valence-corrected chi connectivity index (χ0v) is 9.60. The van der Waals surface area contributed by atoms with Crippen LogP contribution in [0, 0.1) is 11.8 Å². The highest BCUT2D eigenvalue weighted by atomic mass is 14.9. The Bertz CT molecular complexity index is 157. The predicted molar refractivity (Wildman–Crippen MR) is 61.4 cm³/mol. The summed E-state index contributed by atoms with van der Waals surface area (Å²) in [4.78, 5) is 0. The molecule has 1 heteroatoms. The second-order valence-corrected chi connectivity index (χ2v) is 5.25. The van der Waals surface area contributed by atoms with Crippen molar-refractivity contribution in [1.29, 1.82) is 0 Å². The first-order valence-electron chi connectivity index (χ1n) is 6.63. The summed E-state index contributed by atoms with van der Waals surface area (Å²) in [7, 11) is 0. The van der Waals surface area contributed by atoms with Gasteiger partial charge in [0, 0.05) is 6.04 Å². The minimum atomic E-state index is 0.896. The maximum atomic E-state index is 3.70. The van der Waals surface area contributed by atoms with E-state index < -0.39 is 0 Å². The summed E-state index contributed by atoms with van der Waals surface area (Å²) in [6.45, 7) is 3.67. The summed E-state index contributed by atoms with van der Waals surface area (Å²) in [5.41, 5.74) is 0. The first-order chi connectivity index (χ1) is 6.90. The molecule has 2 aliphatic carbocycles. The maximum absolute atomic E-state index is 3.70. The molecule has 0 aliphatic heterocycles. The Morgan fingerprint density at radius 1 is 1.07 bits per heavy atom. The lowest BCUT2D eigenvalue weighted by atomic mass is 9.79. The first kappa shape index (κ1) is 10.5. The van der Waals surface area contributed by atoms with Gasteiger partial charge in [-0.05, 0) is 31.2 Å². The van der Waals surface area contributed by atoms with Crippen molar-refractivity contribution in [2.24, 2.45) is 11.8 Å².